The average Bonchev–Trinajstić information content (AvgIpc) is 2.82. The number of nitrogens with zero attached hydrogens (tertiary/aromatic N) is 1. The Morgan fingerprint density at radius 3 is 2.33 bits per heavy atom. The molecule has 0 aliphatic carbocycles. The van der Waals surface area contributed by atoms with Gasteiger partial charge >= 0.3 is 0 Å². The number of hydrogen-bond donors (Lipinski definition) is 0. The van der Waals surface area contributed by atoms with E-state index >= 15 is 0 Å². The minimum atomic E-state index is -0.219. The minimum absolute atomic E-state index is 0.219. The van der Waals surface area contributed by atoms with Gasteiger partial charge in [-0.15, -0.1) is 0 Å². The lowest BCUT2D eigenvalue weighted by Crippen LogP contribution is -1.96. The Hall–Kier alpha value is -2.13. The molecule has 0 fully saturated rings. The largest absolute Gasteiger partial charge is 0.306 e. The highest BCUT2D eigenvalue weighted by molar-refractivity contribution is 9.10. The Kier molecular flexibility index (Phi) is 2.82. The van der Waals surface area contributed by atoms with Crippen molar-refractivity contribution in [3.05, 3.63) is 77.0 Å². The van der Waals surface area contributed by atoms with E-state index in [1.54, 1.807) is 6.07 Å². The topological polar surface area (TPSA) is 4.93 Å². The van der Waals surface area contributed by atoms with Gasteiger partial charge in [-0.25, -0.2) is 4.39 Å². The fourth-order valence-electron chi connectivity index (χ4n) is 2.84. The Labute approximate surface area is 129 Å². The highest BCUT2D eigenvalue weighted by atomic mass is 79.9. The van der Waals surface area contributed by atoms with Crippen LogP contribution < -0.4 is 0 Å². The van der Waals surface area contributed by atoms with E-state index in [1.807, 2.05) is 47.0 Å². The Morgan fingerprint density at radius 1 is 0.762 bits per heavy atom. The lowest BCUT2D eigenvalue weighted by Gasteiger charge is -2.08. The first-order valence-corrected chi connectivity index (χ1v) is 7.48. The predicted octanol–water partition coefficient (Wildman–Crippen LogP) is 5.69. The molecule has 3 aromatic carbocycles. The summed E-state index contributed by atoms with van der Waals surface area (Å²) >= 11 is 3.51. The van der Waals surface area contributed by atoms with Crippen LogP contribution in [-0.2, 0) is 0 Å². The van der Waals surface area contributed by atoms with Crippen LogP contribution >= 0.6 is 15.9 Å². The fraction of sp³-hybridized carbons (Fsp3) is 0. The van der Waals surface area contributed by atoms with Crippen LogP contribution in [0.1, 0.15) is 0 Å². The molecule has 0 atom stereocenters. The van der Waals surface area contributed by atoms with E-state index in [2.05, 4.69) is 28.1 Å². The third kappa shape index (κ3) is 1.88. The Bertz CT molecular complexity index is 971. The molecule has 4 aromatic rings. The predicted molar refractivity (Wildman–Crippen MR) is 88.4 cm³/mol. The van der Waals surface area contributed by atoms with Crippen molar-refractivity contribution in [3.63, 3.8) is 0 Å². The van der Waals surface area contributed by atoms with E-state index in [4.69, 9.17) is 0 Å². The maximum Gasteiger partial charge on any atom is 0.147 e. The van der Waals surface area contributed by atoms with Crippen LogP contribution in [0.3, 0.4) is 0 Å². The highest BCUT2D eigenvalue weighted by Crippen LogP contribution is 2.34. The molecule has 0 radical (unpaired) electrons. The Balaban J connectivity index is 2.23. The molecule has 1 heterocycles. The molecule has 0 aliphatic heterocycles. The maximum atomic E-state index is 14.3. The first kappa shape index (κ1) is 12.6. The second-order valence-corrected chi connectivity index (χ2v) is 5.88. The number of rotatable bonds is 1. The van der Waals surface area contributed by atoms with Gasteiger partial charge in [-0.2, -0.15) is 0 Å². The zero-order valence-electron chi connectivity index (χ0n) is 11.1. The van der Waals surface area contributed by atoms with Crippen molar-refractivity contribution < 1.29 is 4.39 Å². The van der Waals surface area contributed by atoms with E-state index < -0.39 is 0 Å². The van der Waals surface area contributed by atoms with Gasteiger partial charge in [0.2, 0.25) is 0 Å². The number of fused-ring (bicyclic) bond motifs is 3. The fourth-order valence-corrected chi connectivity index (χ4v) is 3.20. The van der Waals surface area contributed by atoms with E-state index in [0.717, 1.165) is 26.3 Å². The van der Waals surface area contributed by atoms with Crippen LogP contribution in [0.4, 0.5) is 4.39 Å². The number of para-hydroxylation sites is 2. The summed E-state index contributed by atoms with van der Waals surface area (Å²) in [6.07, 6.45) is 0. The zero-order chi connectivity index (χ0) is 14.4. The van der Waals surface area contributed by atoms with Crippen molar-refractivity contribution in [2.45, 2.75) is 0 Å². The maximum absolute atomic E-state index is 14.3. The van der Waals surface area contributed by atoms with Crippen LogP contribution in [0.15, 0.2) is 71.2 Å². The van der Waals surface area contributed by atoms with Crippen LogP contribution in [-0.4, -0.2) is 4.57 Å². The standard InChI is InChI=1S/C18H11BrFN/c19-12-9-10-17-14(11-12)13-5-1-3-7-16(13)21(17)18-8-4-2-6-15(18)20/h1-11H. The van der Waals surface area contributed by atoms with Gasteiger partial charge in [-0.05, 0) is 36.4 Å². The van der Waals surface area contributed by atoms with Crippen molar-refractivity contribution >= 4 is 37.7 Å². The zero-order valence-corrected chi connectivity index (χ0v) is 12.6. The van der Waals surface area contributed by atoms with Gasteiger partial charge in [0.05, 0.1) is 16.7 Å². The van der Waals surface area contributed by atoms with E-state index in [9.17, 15) is 4.39 Å². The lowest BCUT2D eigenvalue weighted by molar-refractivity contribution is 0.621. The van der Waals surface area contributed by atoms with Gasteiger partial charge in [-0.3, -0.25) is 0 Å². The van der Waals surface area contributed by atoms with Crippen molar-refractivity contribution in [2.24, 2.45) is 0 Å². The van der Waals surface area contributed by atoms with Gasteiger partial charge in [-0.1, -0.05) is 46.3 Å². The van der Waals surface area contributed by atoms with Crippen LogP contribution in [0.5, 0.6) is 0 Å². The molecule has 0 aliphatic rings. The molecule has 102 valence electrons. The lowest BCUT2D eigenvalue weighted by atomic mass is 10.2. The summed E-state index contributed by atoms with van der Waals surface area (Å²) in [5.74, 6) is -0.219. The molecule has 0 unspecified atom stereocenters. The number of hydrogen-bond acceptors (Lipinski definition) is 0. The average molecular weight is 340 g/mol. The Morgan fingerprint density at radius 2 is 1.48 bits per heavy atom. The first-order chi connectivity index (χ1) is 10.3. The van der Waals surface area contributed by atoms with E-state index in [-0.39, 0.29) is 5.82 Å². The summed E-state index contributed by atoms with van der Waals surface area (Å²) < 4.78 is 17.3. The van der Waals surface area contributed by atoms with Crippen molar-refractivity contribution in [2.75, 3.05) is 0 Å². The van der Waals surface area contributed by atoms with Gasteiger partial charge in [0.1, 0.15) is 5.82 Å². The summed E-state index contributed by atoms with van der Waals surface area (Å²) in [4.78, 5) is 0. The van der Waals surface area contributed by atoms with Crippen LogP contribution in [0, 0.1) is 5.82 Å². The summed E-state index contributed by atoms with van der Waals surface area (Å²) in [5.41, 5.74) is 2.59. The first-order valence-electron chi connectivity index (χ1n) is 6.69. The molecule has 0 saturated heterocycles. The molecule has 3 heteroatoms. The van der Waals surface area contributed by atoms with Crippen LogP contribution in [0.25, 0.3) is 27.5 Å². The summed E-state index contributed by atoms with van der Waals surface area (Å²) in [7, 11) is 0. The molecule has 21 heavy (non-hydrogen) atoms. The molecule has 0 N–H and O–H groups in total. The van der Waals surface area contributed by atoms with Gasteiger partial charge in [0, 0.05) is 15.2 Å². The third-order valence-electron chi connectivity index (χ3n) is 3.73. The SMILES string of the molecule is Fc1ccccc1-n1c2ccccc2c2cc(Br)ccc21. The summed E-state index contributed by atoms with van der Waals surface area (Å²) in [6.45, 7) is 0. The van der Waals surface area contributed by atoms with Crippen molar-refractivity contribution in [3.8, 4) is 5.69 Å². The molecule has 0 amide bonds. The normalized spacial score (nSPS) is 11.3. The van der Waals surface area contributed by atoms with Crippen molar-refractivity contribution in [1.82, 2.24) is 4.57 Å². The number of halogens is 2. The van der Waals surface area contributed by atoms with Gasteiger partial charge in [0.25, 0.3) is 0 Å². The molecule has 4 rings (SSSR count). The molecular weight excluding hydrogens is 329 g/mol. The van der Waals surface area contributed by atoms with Gasteiger partial charge < -0.3 is 4.57 Å². The molecule has 0 saturated carbocycles. The van der Waals surface area contributed by atoms with E-state index in [0.29, 0.717) is 5.69 Å². The second kappa shape index (κ2) is 4.71. The summed E-state index contributed by atoms with van der Waals surface area (Å²) in [6, 6.07) is 21.0. The summed E-state index contributed by atoms with van der Waals surface area (Å²) in [5, 5.41) is 2.24. The smallest absolute Gasteiger partial charge is 0.147 e. The molecule has 0 bridgehead atoms. The van der Waals surface area contributed by atoms with Crippen molar-refractivity contribution in [1.29, 1.82) is 0 Å². The molecule has 0 spiro atoms. The van der Waals surface area contributed by atoms with Gasteiger partial charge in [0.15, 0.2) is 0 Å². The third-order valence-corrected chi connectivity index (χ3v) is 4.22. The molecule has 1 nitrogen and oxygen atoms in total. The van der Waals surface area contributed by atoms with Crippen LogP contribution in [0.2, 0.25) is 0 Å². The minimum Gasteiger partial charge on any atom is -0.306 e. The molecular formula is C18H11BrFN. The molecule has 1 aromatic heterocycles. The quantitative estimate of drug-likeness (QED) is 0.420. The number of benzene rings is 3. The van der Waals surface area contributed by atoms with E-state index in [1.165, 1.54) is 6.07 Å². The second-order valence-electron chi connectivity index (χ2n) is 4.97. The highest BCUT2D eigenvalue weighted by Gasteiger charge is 2.14. The monoisotopic (exact) mass is 339 g/mol. The number of aromatic nitrogens is 1.